The van der Waals surface area contributed by atoms with Crippen LogP contribution in [0.1, 0.15) is 34.2 Å². The number of aryl methyl sites for hydroxylation is 2. The molecule has 0 aromatic heterocycles. The third-order valence-electron chi connectivity index (χ3n) is 5.93. The molecule has 1 N–H and O–H groups in total. The zero-order chi connectivity index (χ0) is 21.1. The summed E-state index contributed by atoms with van der Waals surface area (Å²) in [5.41, 5.74) is 8.02. The van der Waals surface area contributed by atoms with Crippen molar-refractivity contribution < 1.29 is 9.53 Å². The van der Waals surface area contributed by atoms with Gasteiger partial charge in [0.1, 0.15) is 5.75 Å². The number of carbonyl (C=O) groups is 1. The van der Waals surface area contributed by atoms with Gasteiger partial charge in [0, 0.05) is 11.0 Å². The Hall–Kier alpha value is -3.40. The van der Waals surface area contributed by atoms with Crippen LogP contribution in [0.15, 0.2) is 77.9 Å². The Bertz CT molecular complexity index is 1020. The predicted octanol–water partition coefficient (Wildman–Crippen LogP) is 4.77. The molecule has 0 bridgehead atoms. The lowest BCUT2D eigenvalue weighted by atomic mass is 9.85. The van der Waals surface area contributed by atoms with E-state index in [-0.39, 0.29) is 17.2 Å². The van der Waals surface area contributed by atoms with E-state index in [2.05, 4.69) is 72.9 Å². The third kappa shape index (κ3) is 3.73. The number of rotatable bonds is 6. The molecule has 152 valence electrons. The maximum atomic E-state index is 13.0. The molecule has 1 aliphatic rings. The summed E-state index contributed by atoms with van der Waals surface area (Å²) in [5, 5.41) is 4.19. The molecule has 1 amide bonds. The number of nitrogens with one attached hydrogen (secondary N) is 1. The van der Waals surface area contributed by atoms with E-state index in [1.54, 1.807) is 13.3 Å². The highest BCUT2D eigenvalue weighted by Crippen LogP contribution is 2.59. The van der Waals surface area contributed by atoms with Crippen molar-refractivity contribution in [2.45, 2.75) is 25.7 Å². The molecule has 1 fully saturated rings. The first-order chi connectivity index (χ1) is 14.5. The summed E-state index contributed by atoms with van der Waals surface area (Å²) in [6.45, 7) is 4.15. The average Bonchev–Trinajstić information content (AvgIpc) is 3.52. The second kappa shape index (κ2) is 8.15. The van der Waals surface area contributed by atoms with Gasteiger partial charge in [-0.25, -0.2) is 5.43 Å². The fraction of sp³-hybridized carbons (Fsp3) is 0.231. The summed E-state index contributed by atoms with van der Waals surface area (Å²) < 4.78 is 5.33. The first kappa shape index (κ1) is 19.9. The van der Waals surface area contributed by atoms with Crippen molar-refractivity contribution in [1.29, 1.82) is 0 Å². The molecule has 4 heteroatoms. The molecule has 0 spiro atoms. The monoisotopic (exact) mass is 398 g/mol. The molecule has 0 heterocycles. The number of ether oxygens (including phenoxy) is 1. The molecule has 4 rings (SSSR count). The second-order valence-electron chi connectivity index (χ2n) is 7.94. The molecule has 4 nitrogen and oxygen atoms in total. The van der Waals surface area contributed by atoms with Crippen LogP contribution in [0.25, 0.3) is 0 Å². The van der Waals surface area contributed by atoms with Crippen molar-refractivity contribution >= 4 is 12.1 Å². The molecule has 3 aromatic carbocycles. The number of carbonyl (C=O) groups excluding carboxylic acids is 1. The predicted molar refractivity (Wildman–Crippen MR) is 120 cm³/mol. The first-order valence-electron chi connectivity index (χ1n) is 10.1. The van der Waals surface area contributed by atoms with E-state index in [9.17, 15) is 4.79 Å². The van der Waals surface area contributed by atoms with E-state index in [4.69, 9.17) is 4.74 Å². The fourth-order valence-electron chi connectivity index (χ4n) is 4.10. The largest absolute Gasteiger partial charge is 0.496 e. The van der Waals surface area contributed by atoms with Crippen LogP contribution in [-0.4, -0.2) is 19.2 Å². The van der Waals surface area contributed by atoms with Gasteiger partial charge in [-0.1, -0.05) is 71.8 Å². The Morgan fingerprint density at radius 2 is 1.53 bits per heavy atom. The number of para-hydroxylation sites is 1. The van der Waals surface area contributed by atoms with Crippen molar-refractivity contribution in [1.82, 2.24) is 5.43 Å². The first-order valence-corrected chi connectivity index (χ1v) is 10.1. The molecule has 1 saturated carbocycles. The van der Waals surface area contributed by atoms with Crippen molar-refractivity contribution in [3.05, 3.63) is 101 Å². The highest BCUT2D eigenvalue weighted by Gasteiger charge is 2.60. The summed E-state index contributed by atoms with van der Waals surface area (Å²) in [7, 11) is 1.62. The van der Waals surface area contributed by atoms with E-state index >= 15 is 0 Å². The van der Waals surface area contributed by atoms with Gasteiger partial charge in [0.05, 0.1) is 19.2 Å². The third-order valence-corrected chi connectivity index (χ3v) is 5.93. The van der Waals surface area contributed by atoms with Gasteiger partial charge in [-0.3, -0.25) is 4.79 Å². The molecule has 30 heavy (non-hydrogen) atoms. The van der Waals surface area contributed by atoms with E-state index in [1.807, 2.05) is 24.3 Å². The Morgan fingerprint density at radius 3 is 2.10 bits per heavy atom. The number of hydrogen-bond donors (Lipinski definition) is 1. The maximum Gasteiger partial charge on any atom is 0.244 e. The van der Waals surface area contributed by atoms with E-state index < -0.39 is 0 Å². The molecule has 1 unspecified atom stereocenters. The number of amides is 1. The van der Waals surface area contributed by atoms with Gasteiger partial charge in [-0.15, -0.1) is 0 Å². The minimum Gasteiger partial charge on any atom is -0.496 e. The van der Waals surface area contributed by atoms with E-state index in [1.165, 1.54) is 22.3 Å². The summed E-state index contributed by atoms with van der Waals surface area (Å²) in [5.74, 6) is 0.496. The molecule has 0 radical (unpaired) electrons. The highest BCUT2D eigenvalue weighted by molar-refractivity contribution is 5.88. The Kier molecular flexibility index (Phi) is 5.40. The fourth-order valence-corrected chi connectivity index (χ4v) is 4.10. The van der Waals surface area contributed by atoms with Gasteiger partial charge in [0.2, 0.25) is 5.91 Å². The second-order valence-corrected chi connectivity index (χ2v) is 7.94. The quantitative estimate of drug-likeness (QED) is 0.480. The van der Waals surface area contributed by atoms with Crippen LogP contribution in [0.4, 0.5) is 0 Å². The number of methoxy groups -OCH3 is 1. The summed E-state index contributed by atoms with van der Waals surface area (Å²) in [6, 6.07) is 24.6. The molecule has 1 atom stereocenters. The smallest absolute Gasteiger partial charge is 0.244 e. The normalized spacial score (nSPS) is 17.0. The van der Waals surface area contributed by atoms with Crippen LogP contribution in [-0.2, 0) is 10.2 Å². The van der Waals surface area contributed by atoms with Crippen molar-refractivity contribution in [3.63, 3.8) is 0 Å². The topological polar surface area (TPSA) is 50.7 Å². The molecule has 1 aliphatic carbocycles. The molecular formula is C26H26N2O2. The zero-order valence-electron chi connectivity index (χ0n) is 17.6. The van der Waals surface area contributed by atoms with Crippen LogP contribution >= 0.6 is 0 Å². The van der Waals surface area contributed by atoms with Gasteiger partial charge < -0.3 is 4.74 Å². The van der Waals surface area contributed by atoms with Crippen molar-refractivity contribution in [2.24, 2.45) is 11.0 Å². The molecule has 0 aliphatic heterocycles. The lowest BCUT2D eigenvalue weighted by Crippen LogP contribution is -2.25. The van der Waals surface area contributed by atoms with Crippen LogP contribution in [0, 0.1) is 19.8 Å². The van der Waals surface area contributed by atoms with Crippen molar-refractivity contribution in [2.75, 3.05) is 7.11 Å². The van der Waals surface area contributed by atoms with Gasteiger partial charge >= 0.3 is 0 Å². The van der Waals surface area contributed by atoms with Crippen molar-refractivity contribution in [3.8, 4) is 5.75 Å². The number of benzene rings is 3. The van der Waals surface area contributed by atoms with Crippen LogP contribution in [0.2, 0.25) is 0 Å². The molecule has 3 aromatic rings. The minimum absolute atomic E-state index is 0.0673. The SMILES string of the molecule is COc1ccccc1C=NNC(=O)C1CC1(c1ccc(C)cc1)c1ccc(C)cc1. The van der Waals surface area contributed by atoms with E-state index in [0.717, 1.165) is 17.7 Å². The number of nitrogens with zero attached hydrogens (tertiary/aromatic N) is 1. The van der Waals surface area contributed by atoms with Crippen LogP contribution in [0.3, 0.4) is 0 Å². The number of hydrogen-bond acceptors (Lipinski definition) is 3. The zero-order valence-corrected chi connectivity index (χ0v) is 17.6. The van der Waals surface area contributed by atoms with Gasteiger partial charge in [0.15, 0.2) is 0 Å². The number of hydrazone groups is 1. The van der Waals surface area contributed by atoms with Gasteiger partial charge in [-0.2, -0.15) is 5.10 Å². The van der Waals surface area contributed by atoms with Crippen LogP contribution in [0.5, 0.6) is 5.75 Å². The maximum absolute atomic E-state index is 13.0. The Labute approximate surface area is 177 Å². The minimum atomic E-state index is -0.300. The van der Waals surface area contributed by atoms with Gasteiger partial charge in [-0.05, 0) is 43.5 Å². The lowest BCUT2D eigenvalue weighted by molar-refractivity contribution is -0.122. The van der Waals surface area contributed by atoms with E-state index in [0.29, 0.717) is 0 Å². The standard InChI is InChI=1S/C26H26N2O2/c1-18-8-12-21(13-9-18)26(22-14-10-19(2)11-15-22)16-23(26)25(29)28-27-17-20-6-4-5-7-24(20)30-3/h4-15,17,23H,16H2,1-3H3,(H,28,29). The van der Waals surface area contributed by atoms with Crippen LogP contribution < -0.4 is 10.2 Å². The summed E-state index contributed by atoms with van der Waals surface area (Å²) in [4.78, 5) is 13.0. The summed E-state index contributed by atoms with van der Waals surface area (Å²) >= 11 is 0. The summed E-state index contributed by atoms with van der Waals surface area (Å²) in [6.07, 6.45) is 2.40. The molecule has 0 saturated heterocycles. The highest BCUT2D eigenvalue weighted by atomic mass is 16.5. The Morgan fingerprint density at radius 1 is 0.967 bits per heavy atom. The lowest BCUT2D eigenvalue weighted by Gasteiger charge is -2.19. The average molecular weight is 399 g/mol. The Balaban J connectivity index is 1.57. The molecular weight excluding hydrogens is 372 g/mol. The van der Waals surface area contributed by atoms with Gasteiger partial charge in [0.25, 0.3) is 0 Å².